The Morgan fingerprint density at radius 1 is 1.15 bits per heavy atom. The third-order valence-corrected chi connectivity index (χ3v) is 6.64. The van der Waals surface area contributed by atoms with Crippen molar-refractivity contribution in [3.05, 3.63) is 30.3 Å². The second kappa shape index (κ2) is 7.89. The molecule has 3 fully saturated rings. The fraction of sp³-hybridized carbons (Fsp3) is 0.682. The summed E-state index contributed by atoms with van der Waals surface area (Å²) < 4.78 is 0. The van der Waals surface area contributed by atoms with Crippen LogP contribution >= 0.6 is 0 Å². The van der Waals surface area contributed by atoms with E-state index in [1.807, 2.05) is 0 Å². The number of likely N-dealkylation sites (tertiary alicyclic amines) is 1. The van der Waals surface area contributed by atoms with Crippen molar-refractivity contribution in [3.8, 4) is 0 Å². The summed E-state index contributed by atoms with van der Waals surface area (Å²) in [6.07, 6.45) is 8.33. The first-order valence-corrected chi connectivity index (χ1v) is 10.6. The summed E-state index contributed by atoms with van der Waals surface area (Å²) >= 11 is 0. The molecule has 0 amide bonds. The summed E-state index contributed by atoms with van der Waals surface area (Å²) in [5, 5.41) is 3.56. The van der Waals surface area contributed by atoms with Crippen molar-refractivity contribution in [2.75, 3.05) is 44.2 Å². The molecule has 1 aromatic rings. The molecule has 0 radical (unpaired) electrons. The molecule has 0 aromatic heterocycles. The summed E-state index contributed by atoms with van der Waals surface area (Å²) in [7, 11) is 0. The highest BCUT2D eigenvalue weighted by molar-refractivity contribution is 5.80. The Morgan fingerprint density at radius 2 is 1.96 bits per heavy atom. The quantitative estimate of drug-likeness (QED) is 0.660. The third kappa shape index (κ3) is 3.84. The first kappa shape index (κ1) is 17.7. The van der Waals surface area contributed by atoms with Crippen molar-refractivity contribution < 1.29 is 0 Å². The fourth-order valence-corrected chi connectivity index (χ4v) is 5.15. The predicted octanol–water partition coefficient (Wildman–Crippen LogP) is 3.74. The largest absolute Gasteiger partial charge is 0.371 e. The van der Waals surface area contributed by atoms with Gasteiger partial charge in [-0.3, -0.25) is 4.99 Å². The van der Waals surface area contributed by atoms with Gasteiger partial charge in [0.2, 0.25) is 0 Å². The Labute approximate surface area is 158 Å². The predicted molar refractivity (Wildman–Crippen MR) is 110 cm³/mol. The van der Waals surface area contributed by atoms with E-state index in [0.29, 0.717) is 11.3 Å². The van der Waals surface area contributed by atoms with E-state index >= 15 is 0 Å². The minimum atomic E-state index is 0.605. The van der Waals surface area contributed by atoms with Crippen LogP contribution in [0.5, 0.6) is 0 Å². The Kier molecular flexibility index (Phi) is 5.37. The van der Waals surface area contributed by atoms with Crippen LogP contribution in [0.15, 0.2) is 35.3 Å². The standard InChI is InChI=1S/C22H34N4/c1-2-23-21(26-15-13-22(18-26)11-6-7-12-22)24-16-19-10-14-25(17-19)20-8-4-3-5-9-20/h3-5,8-9,19H,2,6-7,10-18H2,1H3,(H,23,24). The van der Waals surface area contributed by atoms with Crippen LogP contribution in [0.3, 0.4) is 0 Å². The van der Waals surface area contributed by atoms with E-state index < -0.39 is 0 Å². The molecule has 26 heavy (non-hydrogen) atoms. The zero-order valence-electron chi connectivity index (χ0n) is 16.3. The topological polar surface area (TPSA) is 30.9 Å². The Bertz CT molecular complexity index is 606. The van der Waals surface area contributed by atoms with Gasteiger partial charge in [0.25, 0.3) is 0 Å². The van der Waals surface area contributed by atoms with Crippen molar-refractivity contribution in [1.29, 1.82) is 0 Å². The first-order chi connectivity index (χ1) is 12.8. The van der Waals surface area contributed by atoms with Gasteiger partial charge in [0.1, 0.15) is 0 Å². The lowest BCUT2D eigenvalue weighted by molar-refractivity contribution is 0.309. The van der Waals surface area contributed by atoms with Gasteiger partial charge in [-0.2, -0.15) is 0 Å². The molecule has 4 rings (SSSR count). The van der Waals surface area contributed by atoms with Crippen LogP contribution in [-0.2, 0) is 0 Å². The van der Waals surface area contributed by atoms with E-state index in [1.165, 1.54) is 57.3 Å². The maximum atomic E-state index is 5.06. The highest BCUT2D eigenvalue weighted by Gasteiger charge is 2.41. The van der Waals surface area contributed by atoms with Gasteiger partial charge in [0.05, 0.1) is 0 Å². The van der Waals surface area contributed by atoms with Crippen LogP contribution in [-0.4, -0.2) is 50.1 Å². The van der Waals surface area contributed by atoms with Gasteiger partial charge in [-0.05, 0) is 56.1 Å². The number of para-hydroxylation sites is 1. The monoisotopic (exact) mass is 354 g/mol. The number of nitrogens with one attached hydrogen (secondary N) is 1. The number of hydrogen-bond acceptors (Lipinski definition) is 2. The lowest BCUT2D eigenvalue weighted by atomic mass is 9.86. The van der Waals surface area contributed by atoms with E-state index in [-0.39, 0.29) is 0 Å². The van der Waals surface area contributed by atoms with Crippen molar-refractivity contribution in [1.82, 2.24) is 10.2 Å². The smallest absolute Gasteiger partial charge is 0.193 e. The molecule has 1 saturated carbocycles. The molecule has 1 aliphatic carbocycles. The first-order valence-electron chi connectivity index (χ1n) is 10.6. The molecule has 1 N–H and O–H groups in total. The molecule has 3 aliphatic rings. The zero-order chi connectivity index (χ0) is 17.8. The summed E-state index contributed by atoms with van der Waals surface area (Å²) in [6.45, 7) is 8.80. The van der Waals surface area contributed by atoms with Crippen molar-refractivity contribution in [2.24, 2.45) is 16.3 Å². The van der Waals surface area contributed by atoms with Gasteiger partial charge in [-0.1, -0.05) is 31.0 Å². The molecule has 2 saturated heterocycles. The second-order valence-electron chi connectivity index (χ2n) is 8.51. The zero-order valence-corrected chi connectivity index (χ0v) is 16.3. The number of guanidine groups is 1. The van der Waals surface area contributed by atoms with Gasteiger partial charge in [-0.15, -0.1) is 0 Å². The van der Waals surface area contributed by atoms with Crippen LogP contribution in [0.2, 0.25) is 0 Å². The Morgan fingerprint density at radius 3 is 2.73 bits per heavy atom. The fourth-order valence-electron chi connectivity index (χ4n) is 5.15. The molecule has 1 aromatic carbocycles. The molecular formula is C22H34N4. The molecule has 4 nitrogen and oxygen atoms in total. The summed E-state index contributed by atoms with van der Waals surface area (Å²) in [5.41, 5.74) is 1.96. The lowest BCUT2D eigenvalue weighted by Gasteiger charge is -2.26. The van der Waals surface area contributed by atoms with E-state index in [1.54, 1.807) is 0 Å². The molecule has 1 atom stereocenters. The van der Waals surface area contributed by atoms with Gasteiger partial charge in [0, 0.05) is 45.0 Å². The maximum Gasteiger partial charge on any atom is 0.193 e. The molecular weight excluding hydrogens is 320 g/mol. The van der Waals surface area contributed by atoms with Gasteiger partial charge in [0.15, 0.2) is 5.96 Å². The molecule has 2 heterocycles. The molecule has 142 valence electrons. The van der Waals surface area contributed by atoms with Crippen LogP contribution in [0.4, 0.5) is 5.69 Å². The van der Waals surface area contributed by atoms with Crippen molar-refractivity contribution >= 4 is 11.6 Å². The lowest BCUT2D eigenvalue weighted by Crippen LogP contribution is -2.41. The van der Waals surface area contributed by atoms with Crippen LogP contribution in [0.25, 0.3) is 0 Å². The van der Waals surface area contributed by atoms with E-state index in [9.17, 15) is 0 Å². The normalized spacial score (nSPS) is 25.4. The van der Waals surface area contributed by atoms with Crippen molar-refractivity contribution in [3.63, 3.8) is 0 Å². The highest BCUT2D eigenvalue weighted by atomic mass is 15.3. The van der Waals surface area contributed by atoms with E-state index in [4.69, 9.17) is 4.99 Å². The minimum Gasteiger partial charge on any atom is -0.371 e. The SMILES string of the molecule is CCNC(=NCC1CCN(c2ccccc2)C1)N1CCC2(CCCC2)C1. The second-order valence-corrected chi connectivity index (χ2v) is 8.51. The van der Waals surface area contributed by atoms with Gasteiger partial charge in [-0.25, -0.2) is 0 Å². The molecule has 4 heteroatoms. The number of rotatable bonds is 4. The van der Waals surface area contributed by atoms with E-state index in [2.05, 4.69) is 52.4 Å². The number of hydrogen-bond donors (Lipinski definition) is 1. The average Bonchev–Trinajstić information content (AvgIpc) is 3.42. The number of nitrogens with zero attached hydrogens (tertiary/aromatic N) is 3. The molecule has 1 spiro atoms. The highest BCUT2D eigenvalue weighted by Crippen LogP contribution is 2.45. The average molecular weight is 355 g/mol. The Hall–Kier alpha value is -1.71. The van der Waals surface area contributed by atoms with Crippen LogP contribution in [0, 0.1) is 11.3 Å². The number of anilines is 1. The Balaban J connectivity index is 1.35. The van der Waals surface area contributed by atoms with Crippen LogP contribution in [0.1, 0.15) is 45.4 Å². The third-order valence-electron chi connectivity index (χ3n) is 6.64. The minimum absolute atomic E-state index is 0.605. The molecule has 1 unspecified atom stereocenters. The van der Waals surface area contributed by atoms with E-state index in [0.717, 1.165) is 32.1 Å². The summed E-state index contributed by atoms with van der Waals surface area (Å²) in [5.74, 6) is 1.83. The summed E-state index contributed by atoms with van der Waals surface area (Å²) in [4.78, 5) is 10.1. The van der Waals surface area contributed by atoms with Gasteiger partial charge >= 0.3 is 0 Å². The summed E-state index contributed by atoms with van der Waals surface area (Å²) in [6, 6.07) is 10.8. The van der Waals surface area contributed by atoms with Gasteiger partial charge < -0.3 is 15.1 Å². The van der Waals surface area contributed by atoms with Crippen LogP contribution < -0.4 is 10.2 Å². The number of benzene rings is 1. The maximum absolute atomic E-state index is 5.06. The van der Waals surface area contributed by atoms with Crippen molar-refractivity contribution in [2.45, 2.75) is 45.4 Å². The molecule has 0 bridgehead atoms. The number of aliphatic imine (C=N–C) groups is 1. The molecule has 2 aliphatic heterocycles.